The minimum Gasteiger partial charge on any atom is -0.396 e. The van der Waals surface area contributed by atoms with Gasteiger partial charge in [0.1, 0.15) is 5.82 Å². The minimum absolute atomic E-state index is 0.0998. The van der Waals surface area contributed by atoms with Crippen molar-refractivity contribution in [1.29, 1.82) is 0 Å². The van der Waals surface area contributed by atoms with Crippen molar-refractivity contribution in [3.8, 4) is 0 Å². The smallest absolute Gasteiger partial charge is 0.242 e. The van der Waals surface area contributed by atoms with Gasteiger partial charge < -0.3 is 10.8 Å². The maximum absolute atomic E-state index is 13.3. The first-order chi connectivity index (χ1) is 9.30. The Morgan fingerprint density at radius 1 is 1.40 bits per heavy atom. The van der Waals surface area contributed by atoms with Crippen LogP contribution < -0.4 is 10.5 Å². The molecule has 0 heterocycles. The number of hydrogen-bond acceptors (Lipinski definition) is 4. The highest BCUT2D eigenvalue weighted by atomic mass is 79.9. The molecule has 0 spiro atoms. The van der Waals surface area contributed by atoms with Gasteiger partial charge in [0.05, 0.1) is 22.7 Å². The van der Waals surface area contributed by atoms with E-state index < -0.39 is 21.4 Å². The summed E-state index contributed by atoms with van der Waals surface area (Å²) in [5.41, 5.74) is 4.35. The van der Waals surface area contributed by atoms with E-state index in [1.165, 1.54) is 0 Å². The molecule has 8 heteroatoms. The summed E-state index contributed by atoms with van der Waals surface area (Å²) in [6, 6.07) is 2.09. The Kier molecular flexibility index (Phi) is 4.38. The molecule has 1 saturated carbocycles. The van der Waals surface area contributed by atoms with Crippen LogP contribution in [0, 0.1) is 5.82 Å². The molecule has 112 valence electrons. The second kappa shape index (κ2) is 5.59. The van der Waals surface area contributed by atoms with E-state index in [4.69, 9.17) is 5.73 Å². The first-order valence-corrected chi connectivity index (χ1v) is 8.47. The lowest BCUT2D eigenvalue weighted by molar-refractivity contribution is 0.185. The van der Waals surface area contributed by atoms with Gasteiger partial charge in [0.15, 0.2) is 0 Å². The molecule has 1 fully saturated rings. The van der Waals surface area contributed by atoms with Crippen LogP contribution in [0.15, 0.2) is 21.5 Å². The van der Waals surface area contributed by atoms with E-state index >= 15 is 0 Å². The molecule has 0 atom stereocenters. The summed E-state index contributed by atoms with van der Waals surface area (Å²) in [5.74, 6) is -0.687. The molecule has 0 bridgehead atoms. The lowest BCUT2D eigenvalue weighted by Crippen LogP contribution is -2.49. The molecule has 1 aromatic carbocycles. The summed E-state index contributed by atoms with van der Waals surface area (Å²) < 4.78 is 40.7. The van der Waals surface area contributed by atoms with E-state index in [1.807, 2.05) is 0 Å². The predicted octanol–water partition coefficient (Wildman–Crippen LogP) is 1.75. The lowest BCUT2D eigenvalue weighted by Gasteiger charge is -2.27. The lowest BCUT2D eigenvalue weighted by atomic mass is 10.0. The monoisotopic (exact) mass is 366 g/mol. The first kappa shape index (κ1) is 15.7. The van der Waals surface area contributed by atoms with Gasteiger partial charge in [0, 0.05) is 4.47 Å². The Morgan fingerprint density at radius 2 is 2.00 bits per heavy atom. The number of halogens is 2. The summed E-state index contributed by atoms with van der Waals surface area (Å²) in [4.78, 5) is -0.129. The van der Waals surface area contributed by atoms with Crippen molar-refractivity contribution in [2.45, 2.75) is 36.1 Å². The van der Waals surface area contributed by atoms with Gasteiger partial charge in [-0.25, -0.2) is 17.5 Å². The second-order valence-corrected chi connectivity index (χ2v) is 7.56. The zero-order valence-corrected chi connectivity index (χ0v) is 13.1. The SMILES string of the molecule is Nc1cc(S(=O)(=O)NC2(CO)CCCC2)c(Br)cc1F. The number of rotatable bonds is 4. The van der Waals surface area contributed by atoms with Gasteiger partial charge in [-0.2, -0.15) is 0 Å². The normalized spacial score (nSPS) is 18.4. The number of nitrogens with one attached hydrogen (secondary N) is 1. The maximum Gasteiger partial charge on any atom is 0.242 e. The second-order valence-electron chi connectivity index (χ2n) is 5.06. The Bertz CT molecular complexity index is 615. The largest absolute Gasteiger partial charge is 0.396 e. The summed E-state index contributed by atoms with van der Waals surface area (Å²) in [6.07, 6.45) is 2.87. The summed E-state index contributed by atoms with van der Waals surface area (Å²) >= 11 is 3.03. The molecular formula is C12H16BrFN2O3S. The van der Waals surface area contributed by atoms with Crippen molar-refractivity contribution in [3.05, 3.63) is 22.4 Å². The van der Waals surface area contributed by atoms with Gasteiger partial charge in [-0.05, 0) is 40.9 Å². The number of benzene rings is 1. The zero-order valence-electron chi connectivity index (χ0n) is 10.7. The van der Waals surface area contributed by atoms with Crippen molar-refractivity contribution >= 4 is 31.6 Å². The van der Waals surface area contributed by atoms with Crippen LogP contribution in [-0.2, 0) is 10.0 Å². The molecule has 0 radical (unpaired) electrons. The molecule has 0 aromatic heterocycles. The van der Waals surface area contributed by atoms with E-state index in [-0.39, 0.29) is 21.7 Å². The number of hydrogen-bond donors (Lipinski definition) is 3. The van der Waals surface area contributed by atoms with Gasteiger partial charge in [0.25, 0.3) is 0 Å². The van der Waals surface area contributed by atoms with E-state index in [9.17, 15) is 17.9 Å². The molecule has 1 aliphatic rings. The number of sulfonamides is 1. The molecule has 1 aromatic rings. The quantitative estimate of drug-likeness (QED) is 0.707. The molecule has 2 rings (SSSR count). The minimum atomic E-state index is -3.89. The molecular weight excluding hydrogens is 351 g/mol. The van der Waals surface area contributed by atoms with Crippen LogP contribution in [0.3, 0.4) is 0 Å². The van der Waals surface area contributed by atoms with Gasteiger partial charge in [0.2, 0.25) is 10.0 Å². The zero-order chi connectivity index (χ0) is 15.0. The standard InChI is InChI=1S/C12H16BrFN2O3S/c13-8-5-9(14)10(15)6-11(8)20(18,19)16-12(7-17)3-1-2-4-12/h5-6,16-17H,1-4,7,15H2. The van der Waals surface area contributed by atoms with Gasteiger partial charge in [-0.3, -0.25) is 0 Å². The highest BCUT2D eigenvalue weighted by Crippen LogP contribution is 2.33. The Labute approximate surface area is 125 Å². The highest BCUT2D eigenvalue weighted by molar-refractivity contribution is 9.10. The van der Waals surface area contributed by atoms with Crippen molar-refractivity contribution in [2.75, 3.05) is 12.3 Å². The summed E-state index contributed by atoms with van der Waals surface area (Å²) in [6.45, 7) is -0.263. The van der Waals surface area contributed by atoms with Crippen molar-refractivity contribution in [3.63, 3.8) is 0 Å². The van der Waals surface area contributed by atoms with Crippen molar-refractivity contribution in [2.24, 2.45) is 0 Å². The summed E-state index contributed by atoms with van der Waals surface area (Å²) in [7, 11) is -3.89. The first-order valence-electron chi connectivity index (χ1n) is 6.19. The molecule has 0 aliphatic heterocycles. The average molecular weight is 367 g/mol. The van der Waals surface area contributed by atoms with Crippen LogP contribution in [0.1, 0.15) is 25.7 Å². The third-order valence-electron chi connectivity index (χ3n) is 3.55. The van der Waals surface area contributed by atoms with Crippen LogP contribution in [0.2, 0.25) is 0 Å². The van der Waals surface area contributed by atoms with Crippen LogP contribution in [-0.4, -0.2) is 25.7 Å². The molecule has 0 saturated heterocycles. The van der Waals surface area contributed by atoms with E-state index in [1.54, 1.807) is 0 Å². The average Bonchev–Trinajstić information content (AvgIpc) is 2.82. The Morgan fingerprint density at radius 3 is 2.55 bits per heavy atom. The van der Waals surface area contributed by atoms with Gasteiger partial charge >= 0.3 is 0 Å². The van der Waals surface area contributed by atoms with Crippen LogP contribution in [0.4, 0.5) is 10.1 Å². The molecule has 4 N–H and O–H groups in total. The van der Waals surface area contributed by atoms with Gasteiger partial charge in [-0.15, -0.1) is 0 Å². The third kappa shape index (κ3) is 2.98. The van der Waals surface area contributed by atoms with Crippen molar-refractivity contribution in [1.82, 2.24) is 4.72 Å². The van der Waals surface area contributed by atoms with Crippen LogP contribution >= 0.6 is 15.9 Å². The molecule has 20 heavy (non-hydrogen) atoms. The fourth-order valence-corrected chi connectivity index (χ4v) is 4.94. The Balaban J connectivity index is 2.38. The van der Waals surface area contributed by atoms with Crippen molar-refractivity contribution < 1.29 is 17.9 Å². The van der Waals surface area contributed by atoms with Gasteiger partial charge in [-0.1, -0.05) is 12.8 Å². The fraction of sp³-hybridized carbons (Fsp3) is 0.500. The number of aliphatic hydroxyl groups is 1. The molecule has 5 nitrogen and oxygen atoms in total. The highest BCUT2D eigenvalue weighted by Gasteiger charge is 2.38. The van der Waals surface area contributed by atoms with E-state index in [2.05, 4.69) is 20.7 Å². The summed E-state index contributed by atoms with van der Waals surface area (Å²) in [5, 5.41) is 9.47. The fourth-order valence-electron chi connectivity index (χ4n) is 2.44. The van der Waals surface area contributed by atoms with E-state index in [0.29, 0.717) is 12.8 Å². The predicted molar refractivity (Wildman–Crippen MR) is 77.1 cm³/mol. The topological polar surface area (TPSA) is 92.4 Å². The number of aliphatic hydroxyl groups excluding tert-OH is 1. The number of nitrogen functional groups attached to an aromatic ring is 1. The molecule has 0 amide bonds. The maximum atomic E-state index is 13.3. The number of nitrogens with two attached hydrogens (primary N) is 1. The van der Waals surface area contributed by atoms with E-state index in [0.717, 1.165) is 25.0 Å². The van der Waals surface area contributed by atoms with Crippen LogP contribution in [0.5, 0.6) is 0 Å². The third-order valence-corrected chi connectivity index (χ3v) is 6.09. The number of anilines is 1. The molecule has 0 unspecified atom stereocenters. The molecule has 1 aliphatic carbocycles. The Hall–Kier alpha value is -0.700. The van der Waals surface area contributed by atoms with Crippen LogP contribution in [0.25, 0.3) is 0 Å².